The summed E-state index contributed by atoms with van der Waals surface area (Å²) in [6.45, 7) is 0.748. The number of aliphatic hydroxyl groups is 1. The minimum Gasteiger partial charge on any atom is -0.496 e. The molecular weight excluding hydrogens is 320 g/mol. The third-order valence-electron chi connectivity index (χ3n) is 4.39. The molecule has 0 radical (unpaired) electrons. The molecule has 0 spiro atoms. The highest BCUT2D eigenvalue weighted by molar-refractivity contribution is 5.88. The van der Waals surface area contributed by atoms with Crippen LogP contribution in [0.15, 0.2) is 36.4 Å². The number of amides is 1. The smallest absolute Gasteiger partial charge is 0.411 e. The number of hydrogen-bond acceptors (Lipinski definition) is 5. The van der Waals surface area contributed by atoms with E-state index in [-0.39, 0.29) is 19.1 Å². The van der Waals surface area contributed by atoms with Crippen molar-refractivity contribution in [2.24, 2.45) is 11.7 Å². The molecule has 25 heavy (non-hydrogen) atoms. The largest absolute Gasteiger partial charge is 0.496 e. The van der Waals surface area contributed by atoms with Gasteiger partial charge < -0.3 is 20.3 Å². The molecule has 0 saturated heterocycles. The third-order valence-corrected chi connectivity index (χ3v) is 4.39. The Balaban J connectivity index is 1.96. The molecule has 2 aromatic rings. The number of benzene rings is 2. The number of cyclic esters (lactones) is 1. The standard InChI is InChI=1S/C19H22N2O4/c1-24-18-5-2-12(6-13(9-20)10-22)7-16(18)14-3-4-17-15(8-14)11-25-19(23)21-17/h2-5,7-8,13,22H,6,9-11,20H2,1H3,(H,21,23). The second-order valence-electron chi connectivity index (χ2n) is 6.10. The van der Waals surface area contributed by atoms with Gasteiger partial charge in [-0.25, -0.2) is 4.79 Å². The van der Waals surface area contributed by atoms with E-state index in [0.29, 0.717) is 13.0 Å². The van der Waals surface area contributed by atoms with Crippen molar-refractivity contribution in [3.05, 3.63) is 47.5 Å². The normalized spacial score (nSPS) is 14.3. The van der Waals surface area contributed by atoms with Crippen LogP contribution in [0.5, 0.6) is 5.75 Å². The lowest BCUT2D eigenvalue weighted by atomic mass is 9.94. The molecule has 2 aromatic carbocycles. The first-order valence-electron chi connectivity index (χ1n) is 8.19. The molecule has 0 fully saturated rings. The van der Waals surface area contributed by atoms with Crippen molar-refractivity contribution >= 4 is 11.8 Å². The van der Waals surface area contributed by atoms with E-state index in [2.05, 4.69) is 11.4 Å². The Kier molecular flexibility index (Phi) is 5.21. The van der Waals surface area contributed by atoms with Gasteiger partial charge >= 0.3 is 6.09 Å². The van der Waals surface area contributed by atoms with Gasteiger partial charge in [0.15, 0.2) is 0 Å². The van der Waals surface area contributed by atoms with Crippen LogP contribution in [0.2, 0.25) is 0 Å². The topological polar surface area (TPSA) is 93.8 Å². The van der Waals surface area contributed by atoms with Gasteiger partial charge in [0.1, 0.15) is 12.4 Å². The monoisotopic (exact) mass is 342 g/mol. The van der Waals surface area contributed by atoms with Gasteiger partial charge in [0.25, 0.3) is 0 Å². The van der Waals surface area contributed by atoms with Gasteiger partial charge in [-0.15, -0.1) is 0 Å². The minimum absolute atomic E-state index is 0.0355. The Labute approximate surface area is 146 Å². The van der Waals surface area contributed by atoms with Crippen molar-refractivity contribution in [3.63, 3.8) is 0 Å². The molecule has 0 aliphatic carbocycles. The van der Waals surface area contributed by atoms with E-state index in [0.717, 1.165) is 33.7 Å². The molecule has 1 aliphatic heterocycles. The van der Waals surface area contributed by atoms with Gasteiger partial charge in [-0.2, -0.15) is 0 Å². The van der Waals surface area contributed by atoms with Crippen molar-refractivity contribution in [1.82, 2.24) is 0 Å². The number of nitrogens with two attached hydrogens (primary N) is 1. The summed E-state index contributed by atoms with van der Waals surface area (Å²) >= 11 is 0. The number of fused-ring (bicyclic) bond motifs is 1. The first kappa shape index (κ1) is 17.3. The van der Waals surface area contributed by atoms with Crippen LogP contribution in [0.3, 0.4) is 0 Å². The number of carbonyl (C=O) groups excluding carboxylic acids is 1. The number of carbonyl (C=O) groups is 1. The fourth-order valence-corrected chi connectivity index (χ4v) is 2.96. The number of aliphatic hydroxyl groups excluding tert-OH is 1. The molecule has 1 amide bonds. The lowest BCUT2D eigenvalue weighted by Gasteiger charge is -2.19. The van der Waals surface area contributed by atoms with E-state index in [4.69, 9.17) is 15.2 Å². The van der Waals surface area contributed by atoms with E-state index in [1.165, 1.54) is 0 Å². The Morgan fingerprint density at radius 2 is 2.16 bits per heavy atom. The van der Waals surface area contributed by atoms with E-state index in [1.807, 2.05) is 30.3 Å². The molecule has 1 unspecified atom stereocenters. The molecule has 6 heteroatoms. The van der Waals surface area contributed by atoms with Crippen LogP contribution in [0, 0.1) is 5.92 Å². The van der Waals surface area contributed by atoms with Crippen molar-refractivity contribution in [2.75, 3.05) is 25.6 Å². The van der Waals surface area contributed by atoms with Crippen LogP contribution < -0.4 is 15.8 Å². The molecule has 3 rings (SSSR count). The van der Waals surface area contributed by atoms with Crippen molar-refractivity contribution in [3.8, 4) is 16.9 Å². The SMILES string of the molecule is COc1ccc(CC(CN)CO)cc1-c1ccc2c(c1)COC(=O)N2. The quantitative estimate of drug-likeness (QED) is 0.750. The Morgan fingerprint density at radius 1 is 1.32 bits per heavy atom. The highest BCUT2D eigenvalue weighted by Gasteiger charge is 2.17. The summed E-state index contributed by atoms with van der Waals surface area (Å²) in [4.78, 5) is 11.3. The van der Waals surface area contributed by atoms with Crippen LogP contribution >= 0.6 is 0 Å². The van der Waals surface area contributed by atoms with Crippen LogP contribution in [-0.2, 0) is 17.8 Å². The highest BCUT2D eigenvalue weighted by atomic mass is 16.5. The average molecular weight is 342 g/mol. The van der Waals surface area contributed by atoms with E-state index >= 15 is 0 Å². The second kappa shape index (κ2) is 7.55. The van der Waals surface area contributed by atoms with Crippen molar-refractivity contribution in [2.45, 2.75) is 13.0 Å². The number of anilines is 1. The maximum Gasteiger partial charge on any atom is 0.411 e. The van der Waals surface area contributed by atoms with E-state index in [1.54, 1.807) is 7.11 Å². The van der Waals surface area contributed by atoms with Gasteiger partial charge in [-0.1, -0.05) is 12.1 Å². The van der Waals surface area contributed by atoms with Crippen LogP contribution in [0.4, 0.5) is 10.5 Å². The van der Waals surface area contributed by atoms with Crippen LogP contribution in [0.25, 0.3) is 11.1 Å². The van der Waals surface area contributed by atoms with Crippen molar-refractivity contribution < 1.29 is 19.4 Å². The summed E-state index contributed by atoms with van der Waals surface area (Å²) in [5, 5.41) is 12.1. The number of nitrogens with one attached hydrogen (secondary N) is 1. The molecule has 0 bridgehead atoms. The molecular formula is C19H22N2O4. The maximum absolute atomic E-state index is 11.3. The molecule has 1 aliphatic rings. The Morgan fingerprint density at radius 3 is 2.88 bits per heavy atom. The maximum atomic E-state index is 11.3. The molecule has 1 heterocycles. The summed E-state index contributed by atoms with van der Waals surface area (Å²) in [6.07, 6.45) is 0.269. The fraction of sp³-hybridized carbons (Fsp3) is 0.316. The van der Waals surface area contributed by atoms with Gasteiger partial charge in [0.2, 0.25) is 0 Å². The summed E-state index contributed by atoms with van der Waals surface area (Å²) in [7, 11) is 1.64. The molecule has 0 aromatic heterocycles. The number of ether oxygens (including phenoxy) is 2. The van der Waals surface area contributed by atoms with E-state index < -0.39 is 6.09 Å². The van der Waals surface area contributed by atoms with Crippen LogP contribution in [-0.4, -0.2) is 31.5 Å². The second-order valence-corrected chi connectivity index (χ2v) is 6.10. The summed E-state index contributed by atoms with van der Waals surface area (Å²) in [5.74, 6) is 0.797. The lowest BCUT2D eigenvalue weighted by molar-refractivity contribution is 0.151. The number of hydrogen-bond donors (Lipinski definition) is 3. The van der Waals surface area contributed by atoms with Gasteiger partial charge in [0, 0.05) is 17.7 Å². The zero-order chi connectivity index (χ0) is 17.8. The summed E-state index contributed by atoms with van der Waals surface area (Å²) in [5.41, 5.74) is 10.4. The molecule has 6 nitrogen and oxygen atoms in total. The predicted molar refractivity (Wildman–Crippen MR) is 95.6 cm³/mol. The Bertz CT molecular complexity index is 772. The predicted octanol–water partition coefficient (Wildman–Crippen LogP) is 2.53. The highest BCUT2D eigenvalue weighted by Crippen LogP contribution is 2.34. The fourth-order valence-electron chi connectivity index (χ4n) is 2.96. The first-order chi connectivity index (χ1) is 12.1. The molecule has 0 saturated carbocycles. The minimum atomic E-state index is -0.434. The van der Waals surface area contributed by atoms with Gasteiger partial charge in [0.05, 0.1) is 12.8 Å². The third kappa shape index (κ3) is 3.75. The van der Waals surface area contributed by atoms with Gasteiger partial charge in [-0.05, 0) is 54.3 Å². The summed E-state index contributed by atoms with van der Waals surface area (Å²) < 4.78 is 10.5. The average Bonchev–Trinajstić information content (AvgIpc) is 2.65. The number of methoxy groups -OCH3 is 1. The van der Waals surface area contributed by atoms with Crippen molar-refractivity contribution in [1.29, 1.82) is 0 Å². The zero-order valence-electron chi connectivity index (χ0n) is 14.1. The number of rotatable bonds is 6. The summed E-state index contributed by atoms with van der Waals surface area (Å²) in [6, 6.07) is 11.8. The first-order valence-corrected chi connectivity index (χ1v) is 8.19. The van der Waals surface area contributed by atoms with Crippen LogP contribution in [0.1, 0.15) is 11.1 Å². The molecule has 1 atom stereocenters. The Hall–Kier alpha value is -2.57. The van der Waals surface area contributed by atoms with E-state index in [9.17, 15) is 9.90 Å². The molecule has 132 valence electrons. The zero-order valence-corrected chi connectivity index (χ0v) is 14.1. The van der Waals surface area contributed by atoms with Gasteiger partial charge in [-0.3, -0.25) is 5.32 Å². The lowest BCUT2D eigenvalue weighted by Crippen LogP contribution is -2.20. The molecule has 4 N–H and O–H groups in total.